The van der Waals surface area contributed by atoms with E-state index >= 15 is 0 Å². The summed E-state index contributed by atoms with van der Waals surface area (Å²) in [6.45, 7) is 3.31. The summed E-state index contributed by atoms with van der Waals surface area (Å²) in [5.74, 6) is -0.601. The quantitative estimate of drug-likeness (QED) is 0.289. The third kappa shape index (κ3) is 5.19. The highest BCUT2D eigenvalue weighted by molar-refractivity contribution is 7.15. The van der Waals surface area contributed by atoms with Crippen LogP contribution in [0, 0.1) is 24.0 Å². The molecule has 0 aliphatic rings. The van der Waals surface area contributed by atoms with E-state index in [2.05, 4.69) is 20.6 Å². The first-order chi connectivity index (χ1) is 16.5. The largest absolute Gasteiger partial charge is 0.416 e. The molecule has 0 saturated heterocycles. The number of hydrogen-bond donors (Lipinski definition) is 1. The van der Waals surface area contributed by atoms with Crippen LogP contribution in [0.1, 0.15) is 37.9 Å². The first-order valence-electron chi connectivity index (χ1n) is 10.1. The molecule has 2 aromatic carbocycles. The summed E-state index contributed by atoms with van der Waals surface area (Å²) >= 11 is 1.24. The Bertz CT molecular complexity index is 1410. The van der Waals surface area contributed by atoms with E-state index in [1.54, 1.807) is 19.1 Å². The number of carbonyl (C=O) groups excluding carboxylic acids is 1. The molecule has 9 nitrogen and oxygen atoms in total. The lowest BCUT2D eigenvalue weighted by atomic mass is 10.1. The van der Waals surface area contributed by atoms with Crippen LogP contribution >= 0.6 is 11.3 Å². The lowest BCUT2D eigenvalue weighted by Crippen LogP contribution is -2.14. The number of hydrogen-bond acceptors (Lipinski definition) is 7. The summed E-state index contributed by atoms with van der Waals surface area (Å²) in [5, 5.41) is 21.5. The van der Waals surface area contributed by atoms with Gasteiger partial charge in [0.05, 0.1) is 27.6 Å². The number of carbonyl (C=O) groups is 1. The number of nitrogens with one attached hydrogen (secondary N) is 1. The van der Waals surface area contributed by atoms with Crippen LogP contribution in [0.4, 0.5) is 24.0 Å². The van der Waals surface area contributed by atoms with E-state index in [4.69, 9.17) is 0 Å². The van der Waals surface area contributed by atoms with Crippen molar-refractivity contribution in [3.05, 3.63) is 91.7 Å². The maximum atomic E-state index is 13.0. The van der Waals surface area contributed by atoms with Crippen LogP contribution < -0.4 is 5.32 Å². The second kappa shape index (κ2) is 9.25. The van der Waals surface area contributed by atoms with Crippen molar-refractivity contribution < 1.29 is 22.9 Å². The van der Waals surface area contributed by atoms with Gasteiger partial charge in [-0.25, -0.2) is 9.67 Å². The molecule has 1 amide bonds. The average molecular weight is 502 g/mol. The molecule has 2 heterocycles. The molecule has 180 valence electrons. The van der Waals surface area contributed by atoms with Crippen LogP contribution in [0.2, 0.25) is 0 Å². The second-order valence-electron chi connectivity index (χ2n) is 7.57. The Morgan fingerprint density at radius 2 is 1.89 bits per heavy atom. The molecule has 0 atom stereocenters. The molecule has 2 aromatic heterocycles. The van der Waals surface area contributed by atoms with Crippen molar-refractivity contribution in [1.29, 1.82) is 0 Å². The molecule has 0 aliphatic carbocycles. The van der Waals surface area contributed by atoms with Crippen LogP contribution in [-0.4, -0.2) is 30.8 Å². The molecule has 0 saturated carbocycles. The Morgan fingerprint density at radius 3 is 2.54 bits per heavy atom. The van der Waals surface area contributed by atoms with Crippen molar-refractivity contribution in [2.45, 2.75) is 26.4 Å². The van der Waals surface area contributed by atoms with E-state index in [0.717, 1.165) is 27.3 Å². The average Bonchev–Trinajstić information content (AvgIpc) is 3.35. The maximum Gasteiger partial charge on any atom is 0.416 e. The lowest BCUT2D eigenvalue weighted by molar-refractivity contribution is -0.384. The van der Waals surface area contributed by atoms with Gasteiger partial charge in [-0.15, -0.1) is 16.4 Å². The number of benzene rings is 2. The van der Waals surface area contributed by atoms with Gasteiger partial charge in [-0.3, -0.25) is 20.2 Å². The van der Waals surface area contributed by atoms with E-state index in [1.807, 2.05) is 0 Å². The molecule has 0 aliphatic heterocycles. The van der Waals surface area contributed by atoms with Gasteiger partial charge in [0.2, 0.25) is 0 Å². The third-order valence-corrected chi connectivity index (χ3v) is 6.23. The minimum Gasteiger partial charge on any atom is -0.296 e. The fraction of sp³-hybridized carbons (Fsp3) is 0.182. The molecule has 0 fully saturated rings. The number of nitrogens with zero attached hydrogens (tertiary/aromatic N) is 5. The highest BCUT2D eigenvalue weighted by atomic mass is 32.1. The Balaban J connectivity index is 1.50. The first-order valence-corrected chi connectivity index (χ1v) is 11.0. The zero-order valence-electron chi connectivity index (χ0n) is 18.3. The minimum absolute atomic E-state index is 0.00345. The van der Waals surface area contributed by atoms with Gasteiger partial charge >= 0.3 is 6.18 Å². The molecule has 0 unspecified atom stereocenters. The van der Waals surface area contributed by atoms with Crippen molar-refractivity contribution in [3.63, 3.8) is 0 Å². The third-order valence-electron chi connectivity index (χ3n) is 5.15. The summed E-state index contributed by atoms with van der Waals surface area (Å²) in [7, 11) is 0. The van der Waals surface area contributed by atoms with Crippen molar-refractivity contribution in [2.24, 2.45) is 0 Å². The van der Waals surface area contributed by atoms with Crippen LogP contribution in [0.25, 0.3) is 5.69 Å². The molecular formula is C22H17F3N6O3S. The zero-order chi connectivity index (χ0) is 25.3. The molecule has 0 spiro atoms. The van der Waals surface area contributed by atoms with Gasteiger partial charge in [-0.05, 0) is 37.6 Å². The van der Waals surface area contributed by atoms with E-state index in [9.17, 15) is 28.1 Å². The predicted octanol–water partition coefficient (Wildman–Crippen LogP) is 5.11. The molecule has 0 bridgehead atoms. The minimum atomic E-state index is -4.51. The van der Waals surface area contributed by atoms with Gasteiger partial charge in [0.25, 0.3) is 11.6 Å². The second-order valence-corrected chi connectivity index (χ2v) is 8.65. The van der Waals surface area contributed by atoms with Crippen molar-refractivity contribution in [2.75, 3.05) is 5.32 Å². The number of halogens is 3. The van der Waals surface area contributed by atoms with Gasteiger partial charge in [-0.2, -0.15) is 13.2 Å². The number of non-ortho nitro benzene ring substituents is 1. The normalized spacial score (nSPS) is 11.5. The smallest absolute Gasteiger partial charge is 0.296 e. The number of anilines is 1. The number of amides is 1. The Labute approximate surface area is 200 Å². The Kier molecular flexibility index (Phi) is 6.35. The fourth-order valence-electron chi connectivity index (χ4n) is 3.32. The topological polar surface area (TPSA) is 116 Å². The fourth-order valence-corrected chi connectivity index (χ4v) is 4.31. The zero-order valence-corrected chi connectivity index (χ0v) is 19.1. The molecular weight excluding hydrogens is 485 g/mol. The molecule has 0 radical (unpaired) electrons. The van der Waals surface area contributed by atoms with Gasteiger partial charge in [-0.1, -0.05) is 23.4 Å². The Morgan fingerprint density at radius 1 is 1.17 bits per heavy atom. The molecule has 4 rings (SSSR count). The van der Waals surface area contributed by atoms with Crippen molar-refractivity contribution >= 4 is 28.1 Å². The van der Waals surface area contributed by atoms with Crippen LogP contribution in [0.15, 0.2) is 48.5 Å². The van der Waals surface area contributed by atoms with Crippen LogP contribution in [0.5, 0.6) is 0 Å². The molecule has 4 aromatic rings. The monoisotopic (exact) mass is 502 g/mol. The molecule has 35 heavy (non-hydrogen) atoms. The summed E-state index contributed by atoms with van der Waals surface area (Å²) < 4.78 is 40.3. The number of thiazole rings is 1. The summed E-state index contributed by atoms with van der Waals surface area (Å²) in [4.78, 5) is 28.3. The van der Waals surface area contributed by atoms with Gasteiger partial charge < -0.3 is 0 Å². The van der Waals surface area contributed by atoms with Crippen LogP contribution in [-0.2, 0) is 12.6 Å². The predicted molar refractivity (Wildman–Crippen MR) is 122 cm³/mol. The van der Waals surface area contributed by atoms with Crippen molar-refractivity contribution in [3.8, 4) is 5.69 Å². The highest BCUT2D eigenvalue weighted by Crippen LogP contribution is 2.31. The van der Waals surface area contributed by atoms with E-state index < -0.39 is 22.6 Å². The Hall–Kier alpha value is -4.13. The molecule has 13 heteroatoms. The van der Waals surface area contributed by atoms with Crippen molar-refractivity contribution in [1.82, 2.24) is 20.0 Å². The number of nitro groups is 1. The lowest BCUT2D eigenvalue weighted by Gasteiger charge is -2.09. The summed E-state index contributed by atoms with van der Waals surface area (Å²) in [6.07, 6.45) is -4.04. The van der Waals surface area contributed by atoms with E-state index in [0.29, 0.717) is 17.2 Å². The van der Waals surface area contributed by atoms with Gasteiger partial charge in [0.1, 0.15) is 0 Å². The number of rotatable bonds is 6. The van der Waals surface area contributed by atoms with Crippen LogP contribution in [0.3, 0.4) is 0 Å². The standard InChI is InChI=1S/C22H17F3N6O3S/c1-12-18(10-14-6-8-16(9-7-14)31(33)34)35-21(26-12)27-20(32)19-13(2)30(29-28-19)17-5-3-4-15(11-17)22(23,24)25/h3-9,11H,10H2,1-2H3,(H,26,27,32). The first kappa shape index (κ1) is 24.0. The highest BCUT2D eigenvalue weighted by Gasteiger charge is 2.31. The number of aryl methyl sites for hydroxylation is 1. The molecule has 1 N–H and O–H groups in total. The SMILES string of the molecule is Cc1nc(NC(=O)c2nnn(-c3cccc(C(F)(F)F)c3)c2C)sc1Cc1ccc([N+](=O)[O-])cc1. The van der Waals surface area contributed by atoms with Gasteiger partial charge in [0, 0.05) is 23.4 Å². The number of aromatic nitrogens is 4. The summed E-state index contributed by atoms with van der Waals surface area (Å²) in [6, 6.07) is 10.7. The van der Waals surface area contributed by atoms with Gasteiger partial charge in [0.15, 0.2) is 10.8 Å². The maximum absolute atomic E-state index is 13.0. The van der Waals surface area contributed by atoms with E-state index in [-0.39, 0.29) is 22.8 Å². The van der Waals surface area contributed by atoms with E-state index in [1.165, 1.54) is 42.5 Å². The number of nitro benzene ring substituents is 1. The number of alkyl halides is 3. The summed E-state index contributed by atoms with van der Waals surface area (Å²) in [5.41, 5.74) is 1.03.